The number of hydrogen-bond acceptors (Lipinski definition) is 2. The first-order valence-corrected chi connectivity index (χ1v) is 12.0. The largest absolute Gasteiger partial charge is 0.493 e. The Bertz CT molecular complexity index is 906. The molecule has 1 fully saturated rings. The van der Waals surface area contributed by atoms with Gasteiger partial charge in [-0.1, -0.05) is 63.8 Å². The lowest BCUT2D eigenvalue weighted by molar-refractivity contribution is 0.304. The lowest BCUT2D eigenvalue weighted by Crippen LogP contribution is -2.13. The topological polar surface area (TPSA) is 33.0 Å². The molecule has 0 radical (unpaired) electrons. The summed E-state index contributed by atoms with van der Waals surface area (Å²) in [5.41, 5.74) is 3.93. The number of aryl methyl sites for hydroxylation is 1. The average Bonchev–Trinajstić information content (AvgIpc) is 2.81. The van der Waals surface area contributed by atoms with E-state index in [1.165, 1.54) is 57.6 Å². The third kappa shape index (κ3) is 5.48. The van der Waals surface area contributed by atoms with Gasteiger partial charge in [0.15, 0.2) is 11.6 Å². The van der Waals surface area contributed by atoms with Crippen molar-refractivity contribution in [3.05, 3.63) is 52.8 Å². The molecule has 0 saturated heterocycles. The van der Waals surface area contributed by atoms with Crippen molar-refractivity contribution >= 4 is 0 Å². The molecule has 0 aromatic heterocycles. The first-order valence-electron chi connectivity index (χ1n) is 12.0. The SMILES string of the molecule is CCCCc1ccc(-c2ccc(C3CCC(CCCC)CC3)cc2C#N)c(OC)c1F. The molecule has 2 aromatic rings. The molecule has 1 aliphatic carbocycles. The van der Waals surface area contributed by atoms with Gasteiger partial charge in [0, 0.05) is 11.1 Å². The van der Waals surface area contributed by atoms with E-state index in [1.807, 2.05) is 24.3 Å². The second-order valence-corrected chi connectivity index (χ2v) is 9.00. The normalized spacial score (nSPS) is 18.5. The van der Waals surface area contributed by atoms with E-state index in [2.05, 4.69) is 26.0 Å². The lowest BCUT2D eigenvalue weighted by atomic mass is 9.76. The molecule has 0 aliphatic heterocycles. The van der Waals surface area contributed by atoms with Gasteiger partial charge in [-0.25, -0.2) is 4.39 Å². The molecule has 1 aliphatic rings. The Morgan fingerprint density at radius 1 is 1.00 bits per heavy atom. The summed E-state index contributed by atoms with van der Waals surface area (Å²) in [7, 11) is 1.50. The molecule has 0 heterocycles. The van der Waals surface area contributed by atoms with Gasteiger partial charge < -0.3 is 4.74 Å². The number of nitriles is 1. The van der Waals surface area contributed by atoms with Crippen LogP contribution in [0.25, 0.3) is 11.1 Å². The van der Waals surface area contributed by atoms with Crippen molar-refractivity contribution in [3.8, 4) is 22.9 Å². The third-order valence-electron chi connectivity index (χ3n) is 6.92. The Morgan fingerprint density at radius 3 is 2.35 bits per heavy atom. The maximum Gasteiger partial charge on any atom is 0.168 e. The van der Waals surface area contributed by atoms with Gasteiger partial charge in [-0.2, -0.15) is 5.26 Å². The second-order valence-electron chi connectivity index (χ2n) is 9.00. The number of methoxy groups -OCH3 is 1. The summed E-state index contributed by atoms with van der Waals surface area (Å²) in [6.45, 7) is 4.36. The van der Waals surface area contributed by atoms with Crippen LogP contribution in [0.4, 0.5) is 4.39 Å². The van der Waals surface area contributed by atoms with Crippen LogP contribution in [0.3, 0.4) is 0 Å². The fourth-order valence-electron chi connectivity index (χ4n) is 4.99. The van der Waals surface area contributed by atoms with Crippen LogP contribution in [-0.4, -0.2) is 7.11 Å². The number of ether oxygens (including phenoxy) is 1. The van der Waals surface area contributed by atoms with Gasteiger partial charge in [-0.05, 0) is 67.6 Å². The van der Waals surface area contributed by atoms with Crippen molar-refractivity contribution in [1.29, 1.82) is 5.26 Å². The van der Waals surface area contributed by atoms with Gasteiger partial charge in [0.1, 0.15) is 0 Å². The third-order valence-corrected chi connectivity index (χ3v) is 6.92. The van der Waals surface area contributed by atoms with Crippen molar-refractivity contribution < 1.29 is 9.13 Å². The average molecular weight is 422 g/mol. The smallest absolute Gasteiger partial charge is 0.168 e. The number of halogens is 1. The van der Waals surface area contributed by atoms with Crippen molar-refractivity contribution in [2.24, 2.45) is 5.92 Å². The van der Waals surface area contributed by atoms with E-state index in [0.717, 1.165) is 24.3 Å². The molecular formula is C28H36FNO. The monoisotopic (exact) mass is 421 g/mol. The lowest BCUT2D eigenvalue weighted by Gasteiger charge is -2.29. The second kappa shape index (κ2) is 11.3. The predicted octanol–water partition coefficient (Wildman–Crippen LogP) is 8.18. The molecule has 1 saturated carbocycles. The highest BCUT2D eigenvalue weighted by Gasteiger charge is 2.24. The van der Waals surface area contributed by atoms with Crippen molar-refractivity contribution in [1.82, 2.24) is 0 Å². The summed E-state index contributed by atoms with van der Waals surface area (Å²) in [4.78, 5) is 0. The Hall–Kier alpha value is -2.34. The molecule has 0 spiro atoms. The van der Waals surface area contributed by atoms with Crippen molar-refractivity contribution in [3.63, 3.8) is 0 Å². The first-order chi connectivity index (χ1) is 15.1. The number of rotatable bonds is 9. The maximum atomic E-state index is 15.1. The van der Waals surface area contributed by atoms with Gasteiger partial charge in [-0.3, -0.25) is 0 Å². The Labute approximate surface area is 187 Å². The molecule has 2 nitrogen and oxygen atoms in total. The van der Waals surface area contributed by atoms with E-state index in [-0.39, 0.29) is 11.6 Å². The molecule has 0 bridgehead atoms. The van der Waals surface area contributed by atoms with Gasteiger partial charge >= 0.3 is 0 Å². The summed E-state index contributed by atoms with van der Waals surface area (Å²) in [5.74, 6) is 1.33. The zero-order chi connectivity index (χ0) is 22.2. The van der Waals surface area contributed by atoms with E-state index < -0.39 is 0 Å². The minimum absolute atomic E-state index is 0.245. The quantitative estimate of drug-likeness (QED) is 0.409. The summed E-state index contributed by atoms with van der Waals surface area (Å²) < 4.78 is 20.5. The van der Waals surface area contributed by atoms with E-state index in [0.29, 0.717) is 29.0 Å². The number of unbranched alkanes of at least 4 members (excludes halogenated alkanes) is 2. The van der Waals surface area contributed by atoms with Crippen LogP contribution in [0, 0.1) is 23.1 Å². The van der Waals surface area contributed by atoms with E-state index in [9.17, 15) is 5.26 Å². The predicted molar refractivity (Wildman–Crippen MR) is 126 cm³/mol. The minimum Gasteiger partial charge on any atom is -0.493 e. The van der Waals surface area contributed by atoms with Gasteiger partial charge in [0.25, 0.3) is 0 Å². The molecule has 31 heavy (non-hydrogen) atoms. The van der Waals surface area contributed by atoms with Crippen LogP contribution < -0.4 is 4.74 Å². The van der Waals surface area contributed by atoms with E-state index in [1.54, 1.807) is 0 Å². The molecule has 3 rings (SSSR count). The van der Waals surface area contributed by atoms with Crippen LogP contribution in [-0.2, 0) is 6.42 Å². The van der Waals surface area contributed by atoms with Gasteiger partial charge in [0.05, 0.1) is 18.7 Å². The van der Waals surface area contributed by atoms with Crippen LogP contribution in [0.2, 0.25) is 0 Å². The molecule has 166 valence electrons. The van der Waals surface area contributed by atoms with Gasteiger partial charge in [-0.15, -0.1) is 0 Å². The fourth-order valence-corrected chi connectivity index (χ4v) is 4.99. The first kappa shape index (κ1) is 23.3. The molecule has 0 unspecified atom stereocenters. The minimum atomic E-state index is -0.299. The van der Waals surface area contributed by atoms with Crippen LogP contribution >= 0.6 is 0 Å². The van der Waals surface area contributed by atoms with E-state index in [4.69, 9.17) is 4.74 Å². The van der Waals surface area contributed by atoms with Gasteiger partial charge in [0.2, 0.25) is 0 Å². The summed E-state index contributed by atoms with van der Waals surface area (Å²) in [6.07, 6.45) is 11.6. The highest BCUT2D eigenvalue weighted by molar-refractivity contribution is 5.77. The number of nitrogens with zero attached hydrogens (tertiary/aromatic N) is 1. The standard InChI is InChI=1S/C28H36FNO/c1-4-6-8-20-10-12-21(13-11-20)23-15-16-25(24(18-23)19-30)26-17-14-22(9-7-5-2)27(29)28(26)31-3/h14-18,20-21H,4-13H2,1-3H3. The zero-order valence-electron chi connectivity index (χ0n) is 19.3. The molecular weight excluding hydrogens is 385 g/mol. The number of hydrogen-bond donors (Lipinski definition) is 0. The summed E-state index contributed by atoms with van der Waals surface area (Å²) >= 11 is 0. The fraction of sp³-hybridized carbons (Fsp3) is 0.536. The summed E-state index contributed by atoms with van der Waals surface area (Å²) in [5, 5.41) is 9.86. The molecule has 0 atom stereocenters. The molecule has 2 aromatic carbocycles. The summed E-state index contributed by atoms with van der Waals surface area (Å²) in [6, 6.07) is 12.2. The van der Waals surface area contributed by atoms with Crippen LogP contribution in [0.1, 0.15) is 94.2 Å². The number of benzene rings is 2. The Morgan fingerprint density at radius 2 is 1.71 bits per heavy atom. The van der Waals surface area contributed by atoms with Crippen molar-refractivity contribution in [2.75, 3.05) is 7.11 Å². The molecule has 3 heteroatoms. The highest BCUT2D eigenvalue weighted by Crippen LogP contribution is 2.41. The van der Waals surface area contributed by atoms with E-state index >= 15 is 4.39 Å². The Balaban J connectivity index is 1.84. The van der Waals surface area contributed by atoms with Crippen LogP contribution in [0.15, 0.2) is 30.3 Å². The zero-order valence-corrected chi connectivity index (χ0v) is 19.3. The van der Waals surface area contributed by atoms with Crippen molar-refractivity contribution in [2.45, 2.75) is 84.0 Å². The molecule has 0 N–H and O–H groups in total. The molecule has 0 amide bonds. The Kier molecular flexibility index (Phi) is 8.52. The maximum absolute atomic E-state index is 15.1. The highest BCUT2D eigenvalue weighted by atomic mass is 19.1. The van der Waals surface area contributed by atoms with Crippen LogP contribution in [0.5, 0.6) is 5.75 Å².